The van der Waals surface area contributed by atoms with E-state index in [9.17, 15) is 0 Å². The molecule has 2 rings (SSSR count). The van der Waals surface area contributed by atoms with E-state index in [2.05, 4.69) is 64.4 Å². The zero-order valence-electron chi connectivity index (χ0n) is 15.6. The molecule has 1 heterocycles. The average molecular weight is 334 g/mol. The van der Waals surface area contributed by atoms with Crippen molar-refractivity contribution in [2.75, 3.05) is 6.54 Å². The highest BCUT2D eigenvalue weighted by atomic mass is 28.3. The fourth-order valence-corrected chi connectivity index (χ4v) is 3.90. The lowest BCUT2D eigenvalue weighted by atomic mass is 9.87. The molecule has 1 aromatic heterocycles. The van der Waals surface area contributed by atoms with Crippen LogP contribution in [0, 0.1) is 11.3 Å². The zero-order valence-corrected chi connectivity index (χ0v) is 16.6. The molecule has 2 unspecified atom stereocenters. The van der Waals surface area contributed by atoms with Crippen LogP contribution in [0.1, 0.15) is 70.4 Å². The molecule has 4 heteroatoms. The van der Waals surface area contributed by atoms with E-state index in [0.29, 0.717) is 6.04 Å². The Balaban J connectivity index is 2.15. The molecule has 23 heavy (non-hydrogen) atoms. The van der Waals surface area contributed by atoms with Crippen molar-refractivity contribution in [3.63, 3.8) is 0 Å². The molecular weight excluding hydrogens is 300 g/mol. The third-order valence-corrected chi connectivity index (χ3v) is 4.99. The van der Waals surface area contributed by atoms with Crippen molar-refractivity contribution in [2.24, 2.45) is 11.3 Å². The van der Waals surface area contributed by atoms with Gasteiger partial charge in [0.1, 0.15) is 0 Å². The fraction of sp³-hybridized carbons (Fsp3) is 0.737. The van der Waals surface area contributed by atoms with E-state index >= 15 is 0 Å². The van der Waals surface area contributed by atoms with Gasteiger partial charge in [-0.05, 0) is 61.9 Å². The van der Waals surface area contributed by atoms with Crippen LogP contribution in [0.15, 0.2) is 18.3 Å². The molecule has 0 bridgehead atoms. The van der Waals surface area contributed by atoms with E-state index in [1.807, 2.05) is 0 Å². The predicted molar refractivity (Wildman–Crippen MR) is 98.8 cm³/mol. The van der Waals surface area contributed by atoms with Gasteiger partial charge in [0.2, 0.25) is 9.04 Å². The van der Waals surface area contributed by atoms with Crippen molar-refractivity contribution in [1.82, 2.24) is 10.3 Å². The molecule has 2 atom stereocenters. The lowest BCUT2D eigenvalue weighted by molar-refractivity contribution is 0.0827. The molecule has 1 aliphatic carbocycles. The molecule has 1 aromatic rings. The Bertz CT molecular complexity index is 477. The van der Waals surface area contributed by atoms with Gasteiger partial charge in [0.15, 0.2) is 0 Å². The summed E-state index contributed by atoms with van der Waals surface area (Å²) in [6.45, 7) is 14.4. The van der Waals surface area contributed by atoms with Crippen LogP contribution in [0.5, 0.6) is 0 Å². The zero-order chi connectivity index (χ0) is 17.0. The number of pyridine rings is 1. The van der Waals surface area contributed by atoms with E-state index in [0.717, 1.165) is 18.2 Å². The first-order valence-electron chi connectivity index (χ1n) is 8.99. The first-order valence-corrected chi connectivity index (χ1v) is 11.4. The Hall–Kier alpha value is -0.713. The van der Waals surface area contributed by atoms with Crippen LogP contribution >= 0.6 is 0 Å². The van der Waals surface area contributed by atoms with Crippen LogP contribution in [0.2, 0.25) is 13.1 Å². The SMILES string of the molecule is CCCNC(c1ccc(C(O[Si](C)C)C(C)(C)C)nc1)C1CC1. The van der Waals surface area contributed by atoms with Gasteiger partial charge in [-0.15, -0.1) is 0 Å². The Morgan fingerprint density at radius 3 is 2.43 bits per heavy atom. The molecule has 3 nitrogen and oxygen atoms in total. The van der Waals surface area contributed by atoms with Crippen molar-refractivity contribution in [3.8, 4) is 0 Å². The Morgan fingerprint density at radius 2 is 2.00 bits per heavy atom. The number of hydrogen-bond donors (Lipinski definition) is 1. The van der Waals surface area contributed by atoms with E-state index in [1.54, 1.807) is 0 Å². The second kappa shape index (κ2) is 7.91. The lowest BCUT2D eigenvalue weighted by Crippen LogP contribution is -2.27. The number of nitrogens with one attached hydrogen (secondary N) is 1. The summed E-state index contributed by atoms with van der Waals surface area (Å²) in [5, 5.41) is 3.69. The highest BCUT2D eigenvalue weighted by molar-refractivity contribution is 6.48. The van der Waals surface area contributed by atoms with Crippen LogP contribution in [0.25, 0.3) is 0 Å². The van der Waals surface area contributed by atoms with Crippen LogP contribution < -0.4 is 5.32 Å². The van der Waals surface area contributed by atoms with Crippen LogP contribution in [-0.4, -0.2) is 20.6 Å². The minimum atomic E-state index is -0.756. The number of rotatable bonds is 8. The van der Waals surface area contributed by atoms with E-state index < -0.39 is 9.04 Å². The van der Waals surface area contributed by atoms with Crippen molar-refractivity contribution >= 4 is 9.04 Å². The summed E-state index contributed by atoms with van der Waals surface area (Å²) in [6.07, 6.45) is 6.00. The topological polar surface area (TPSA) is 34.1 Å². The molecule has 1 aliphatic rings. The number of hydrogen-bond acceptors (Lipinski definition) is 3. The lowest BCUT2D eigenvalue weighted by Gasteiger charge is -2.32. The minimum absolute atomic E-state index is 0.0623. The monoisotopic (exact) mass is 333 g/mol. The highest BCUT2D eigenvalue weighted by Gasteiger charge is 2.33. The highest BCUT2D eigenvalue weighted by Crippen LogP contribution is 2.41. The molecule has 1 fully saturated rings. The van der Waals surface area contributed by atoms with Gasteiger partial charge < -0.3 is 9.74 Å². The van der Waals surface area contributed by atoms with E-state index in [-0.39, 0.29) is 11.5 Å². The smallest absolute Gasteiger partial charge is 0.205 e. The largest absolute Gasteiger partial charge is 0.408 e. The quantitative estimate of drug-likeness (QED) is 0.688. The van der Waals surface area contributed by atoms with Gasteiger partial charge in [-0.2, -0.15) is 0 Å². The normalized spacial score (nSPS) is 18.2. The Labute approximate surface area is 144 Å². The Kier molecular flexibility index (Phi) is 6.40. The van der Waals surface area contributed by atoms with Gasteiger partial charge in [0.05, 0.1) is 11.8 Å². The predicted octanol–water partition coefficient (Wildman–Crippen LogP) is 4.89. The molecule has 0 saturated heterocycles. The van der Waals surface area contributed by atoms with Crippen molar-refractivity contribution in [2.45, 2.75) is 72.2 Å². The van der Waals surface area contributed by atoms with Crippen molar-refractivity contribution < 1.29 is 4.43 Å². The maximum absolute atomic E-state index is 6.25. The molecule has 1 N–H and O–H groups in total. The molecule has 1 saturated carbocycles. The summed E-state index contributed by atoms with van der Waals surface area (Å²) in [5.41, 5.74) is 2.46. The third-order valence-electron chi connectivity index (χ3n) is 4.28. The van der Waals surface area contributed by atoms with Crippen LogP contribution in [-0.2, 0) is 4.43 Å². The average Bonchev–Trinajstić information content (AvgIpc) is 3.29. The summed E-state index contributed by atoms with van der Waals surface area (Å²) >= 11 is 0. The maximum Gasteiger partial charge on any atom is 0.205 e. The molecule has 0 aromatic carbocycles. The number of nitrogens with zero attached hydrogens (tertiary/aromatic N) is 1. The van der Waals surface area contributed by atoms with Gasteiger partial charge in [0.25, 0.3) is 0 Å². The molecule has 0 spiro atoms. The van der Waals surface area contributed by atoms with Gasteiger partial charge in [-0.1, -0.05) is 33.8 Å². The van der Waals surface area contributed by atoms with E-state index in [4.69, 9.17) is 9.41 Å². The van der Waals surface area contributed by atoms with E-state index in [1.165, 1.54) is 24.8 Å². The summed E-state index contributed by atoms with van der Waals surface area (Å²) in [4.78, 5) is 4.79. The van der Waals surface area contributed by atoms with Gasteiger partial charge in [-0.3, -0.25) is 4.98 Å². The standard InChI is InChI=1S/C19H33N2OSi/c1-7-12-20-17(14-8-9-14)15-10-11-16(21-13-15)18(19(2,3)4)22-23(5)6/h10-11,13-14,17-18,20H,7-9,12H2,1-6H3. The van der Waals surface area contributed by atoms with Crippen molar-refractivity contribution in [1.29, 1.82) is 0 Å². The second-order valence-corrected chi connectivity index (χ2v) is 10.1. The molecule has 129 valence electrons. The van der Waals surface area contributed by atoms with Gasteiger partial charge >= 0.3 is 0 Å². The van der Waals surface area contributed by atoms with Gasteiger partial charge in [0, 0.05) is 12.2 Å². The van der Waals surface area contributed by atoms with Crippen LogP contribution in [0.3, 0.4) is 0 Å². The summed E-state index contributed by atoms with van der Waals surface area (Å²) < 4.78 is 6.25. The minimum Gasteiger partial charge on any atom is -0.408 e. The third kappa shape index (κ3) is 5.40. The summed E-state index contributed by atoms with van der Waals surface area (Å²) in [7, 11) is -0.756. The first-order chi connectivity index (χ1) is 10.8. The van der Waals surface area contributed by atoms with Gasteiger partial charge in [-0.25, -0.2) is 0 Å². The first kappa shape index (κ1) is 18.6. The fourth-order valence-electron chi connectivity index (χ4n) is 2.96. The summed E-state index contributed by atoms with van der Waals surface area (Å²) in [6, 6.07) is 4.91. The van der Waals surface area contributed by atoms with Crippen molar-refractivity contribution in [3.05, 3.63) is 29.6 Å². The Morgan fingerprint density at radius 1 is 1.30 bits per heavy atom. The number of aromatic nitrogens is 1. The second-order valence-electron chi connectivity index (χ2n) is 8.06. The summed E-state index contributed by atoms with van der Waals surface area (Å²) in [5.74, 6) is 0.796. The molecule has 0 aliphatic heterocycles. The maximum atomic E-state index is 6.25. The molecular formula is C19H33N2OSi. The molecule has 1 radical (unpaired) electrons. The van der Waals surface area contributed by atoms with Crippen LogP contribution in [0.4, 0.5) is 0 Å². The molecule has 0 amide bonds.